The normalized spacial score (nSPS) is 20.3. The van der Waals surface area contributed by atoms with Gasteiger partial charge in [-0.3, -0.25) is 4.79 Å². The Hall–Kier alpha value is -1.89. The van der Waals surface area contributed by atoms with E-state index in [9.17, 15) is 18.0 Å². The number of benzene rings is 1. The first-order valence-corrected chi connectivity index (χ1v) is 8.93. The standard InChI is InChI=1S/C15H19NO5S/c17-14(13-6-1-2-9-22(13,20)21)16-8-7-11-4-3-5-12(10-11)15(18)19/h3-5,10,13H,1-2,6-9H2,(H,16,17)(H,18,19). The molecule has 0 radical (unpaired) electrons. The van der Waals surface area contributed by atoms with Crippen LogP contribution in [0.25, 0.3) is 0 Å². The SMILES string of the molecule is O=C(O)c1cccc(CCNC(=O)C2CCCCS2(=O)=O)c1. The molecule has 120 valence electrons. The Kier molecular flexibility index (Phi) is 5.18. The number of hydrogen-bond donors (Lipinski definition) is 2. The van der Waals surface area contributed by atoms with Crippen LogP contribution in [0.5, 0.6) is 0 Å². The summed E-state index contributed by atoms with van der Waals surface area (Å²) >= 11 is 0. The fourth-order valence-corrected chi connectivity index (χ4v) is 4.38. The van der Waals surface area contributed by atoms with Crippen molar-refractivity contribution in [1.82, 2.24) is 5.32 Å². The quantitative estimate of drug-likeness (QED) is 0.841. The molecule has 0 spiro atoms. The topological polar surface area (TPSA) is 101 Å². The molecule has 1 heterocycles. The number of carbonyl (C=O) groups is 2. The van der Waals surface area contributed by atoms with Crippen LogP contribution >= 0.6 is 0 Å². The third-order valence-electron chi connectivity index (χ3n) is 3.76. The molecule has 1 saturated heterocycles. The number of carbonyl (C=O) groups excluding carboxylic acids is 1. The highest BCUT2D eigenvalue weighted by atomic mass is 32.2. The summed E-state index contributed by atoms with van der Waals surface area (Å²) in [5.41, 5.74) is 0.977. The number of sulfone groups is 1. The van der Waals surface area contributed by atoms with Crippen molar-refractivity contribution in [2.75, 3.05) is 12.3 Å². The van der Waals surface area contributed by atoms with Crippen LogP contribution in [0, 0.1) is 0 Å². The summed E-state index contributed by atoms with van der Waals surface area (Å²) in [4.78, 5) is 22.9. The molecule has 6 nitrogen and oxygen atoms in total. The average Bonchev–Trinajstić information content (AvgIpc) is 2.47. The van der Waals surface area contributed by atoms with Gasteiger partial charge in [-0.25, -0.2) is 13.2 Å². The van der Waals surface area contributed by atoms with Gasteiger partial charge in [0.15, 0.2) is 9.84 Å². The maximum atomic E-state index is 12.0. The van der Waals surface area contributed by atoms with E-state index in [1.807, 2.05) is 0 Å². The summed E-state index contributed by atoms with van der Waals surface area (Å²) in [6.07, 6.45) is 2.20. The molecule has 22 heavy (non-hydrogen) atoms. The van der Waals surface area contributed by atoms with Crippen LogP contribution in [-0.4, -0.2) is 42.9 Å². The second-order valence-corrected chi connectivity index (χ2v) is 7.70. The van der Waals surface area contributed by atoms with Gasteiger partial charge in [0, 0.05) is 6.54 Å². The van der Waals surface area contributed by atoms with Gasteiger partial charge in [-0.1, -0.05) is 18.6 Å². The van der Waals surface area contributed by atoms with Gasteiger partial charge < -0.3 is 10.4 Å². The molecule has 1 aromatic carbocycles. The maximum absolute atomic E-state index is 12.0. The van der Waals surface area contributed by atoms with Crippen LogP contribution in [0.3, 0.4) is 0 Å². The number of carboxylic acid groups (broad SMARTS) is 1. The molecule has 1 aliphatic rings. The van der Waals surface area contributed by atoms with Gasteiger partial charge >= 0.3 is 5.97 Å². The van der Waals surface area contributed by atoms with Crippen LogP contribution in [0.4, 0.5) is 0 Å². The Morgan fingerprint density at radius 2 is 2.05 bits per heavy atom. The predicted molar refractivity (Wildman–Crippen MR) is 81.5 cm³/mol. The monoisotopic (exact) mass is 325 g/mol. The molecule has 1 unspecified atom stereocenters. The smallest absolute Gasteiger partial charge is 0.335 e. The van der Waals surface area contributed by atoms with Gasteiger partial charge in [-0.05, 0) is 37.0 Å². The number of amides is 1. The first-order chi connectivity index (χ1) is 10.4. The molecule has 1 atom stereocenters. The maximum Gasteiger partial charge on any atom is 0.335 e. The van der Waals surface area contributed by atoms with Crippen molar-refractivity contribution in [2.45, 2.75) is 30.9 Å². The van der Waals surface area contributed by atoms with Crippen molar-refractivity contribution in [3.05, 3.63) is 35.4 Å². The Labute approximate surface area is 129 Å². The van der Waals surface area contributed by atoms with Gasteiger partial charge in [0.05, 0.1) is 11.3 Å². The van der Waals surface area contributed by atoms with Crippen molar-refractivity contribution in [3.8, 4) is 0 Å². The second-order valence-electron chi connectivity index (χ2n) is 5.40. The number of carboxylic acids is 1. The molecular weight excluding hydrogens is 306 g/mol. The van der Waals surface area contributed by atoms with Crippen LogP contribution in [0.1, 0.15) is 35.2 Å². The largest absolute Gasteiger partial charge is 0.478 e. The third-order valence-corrected chi connectivity index (χ3v) is 5.93. The number of aromatic carboxylic acids is 1. The van der Waals surface area contributed by atoms with Gasteiger partial charge in [0.2, 0.25) is 5.91 Å². The van der Waals surface area contributed by atoms with E-state index in [2.05, 4.69) is 5.32 Å². The molecule has 1 aliphatic heterocycles. The van der Waals surface area contributed by atoms with Crippen LogP contribution in [0.2, 0.25) is 0 Å². The molecule has 2 N–H and O–H groups in total. The number of nitrogens with one attached hydrogen (secondary N) is 1. The Morgan fingerprint density at radius 1 is 1.27 bits per heavy atom. The van der Waals surface area contributed by atoms with Gasteiger partial charge in [-0.15, -0.1) is 0 Å². The lowest BCUT2D eigenvalue weighted by Gasteiger charge is -2.21. The molecule has 1 amide bonds. The van der Waals surface area contributed by atoms with Crippen molar-refractivity contribution in [3.63, 3.8) is 0 Å². The zero-order valence-corrected chi connectivity index (χ0v) is 12.9. The molecule has 7 heteroatoms. The molecule has 1 aromatic rings. The van der Waals surface area contributed by atoms with E-state index in [-0.39, 0.29) is 17.9 Å². The zero-order chi connectivity index (χ0) is 16.2. The summed E-state index contributed by atoms with van der Waals surface area (Å²) in [5.74, 6) is -1.38. The van der Waals surface area contributed by atoms with Gasteiger partial charge in [0.25, 0.3) is 0 Å². The third kappa shape index (κ3) is 4.07. The van der Waals surface area contributed by atoms with Crippen LogP contribution in [-0.2, 0) is 21.1 Å². The molecule has 0 aliphatic carbocycles. The highest BCUT2D eigenvalue weighted by molar-refractivity contribution is 7.92. The lowest BCUT2D eigenvalue weighted by molar-refractivity contribution is -0.120. The minimum Gasteiger partial charge on any atom is -0.478 e. The molecule has 0 bridgehead atoms. The number of rotatable bonds is 5. The van der Waals surface area contributed by atoms with E-state index >= 15 is 0 Å². The van der Waals surface area contributed by atoms with Crippen LogP contribution in [0.15, 0.2) is 24.3 Å². The molecular formula is C15H19NO5S. The van der Waals surface area contributed by atoms with E-state index < -0.39 is 27.0 Å². The van der Waals surface area contributed by atoms with Crippen LogP contribution < -0.4 is 5.32 Å². The van der Waals surface area contributed by atoms with Gasteiger partial charge in [0.1, 0.15) is 5.25 Å². The van der Waals surface area contributed by atoms with E-state index in [1.54, 1.807) is 18.2 Å². The van der Waals surface area contributed by atoms with E-state index in [0.29, 0.717) is 19.3 Å². The van der Waals surface area contributed by atoms with Crippen molar-refractivity contribution in [2.24, 2.45) is 0 Å². The van der Waals surface area contributed by atoms with E-state index in [1.165, 1.54) is 6.07 Å². The summed E-state index contributed by atoms with van der Waals surface area (Å²) < 4.78 is 23.7. The summed E-state index contributed by atoms with van der Waals surface area (Å²) in [5, 5.41) is 10.6. The van der Waals surface area contributed by atoms with Gasteiger partial charge in [-0.2, -0.15) is 0 Å². The molecule has 2 rings (SSSR count). The Bertz CT molecular complexity index is 668. The predicted octanol–water partition coefficient (Wildman–Crippen LogP) is 1.01. The van der Waals surface area contributed by atoms with E-state index in [0.717, 1.165) is 12.0 Å². The lowest BCUT2D eigenvalue weighted by Crippen LogP contribution is -2.43. The van der Waals surface area contributed by atoms with Crippen molar-refractivity contribution in [1.29, 1.82) is 0 Å². The fourth-order valence-electron chi connectivity index (χ4n) is 2.55. The summed E-state index contributed by atoms with van der Waals surface area (Å²) in [6, 6.07) is 6.47. The number of hydrogen-bond acceptors (Lipinski definition) is 4. The first-order valence-electron chi connectivity index (χ1n) is 7.21. The van der Waals surface area contributed by atoms with Crippen molar-refractivity contribution >= 4 is 21.7 Å². The highest BCUT2D eigenvalue weighted by Gasteiger charge is 2.34. The zero-order valence-electron chi connectivity index (χ0n) is 12.1. The van der Waals surface area contributed by atoms with E-state index in [4.69, 9.17) is 5.11 Å². The Balaban J connectivity index is 1.89. The minimum atomic E-state index is -3.33. The Morgan fingerprint density at radius 3 is 2.73 bits per heavy atom. The molecule has 0 saturated carbocycles. The highest BCUT2D eigenvalue weighted by Crippen LogP contribution is 2.19. The summed E-state index contributed by atoms with van der Waals surface area (Å²) in [7, 11) is -3.33. The minimum absolute atomic E-state index is 0.0751. The van der Waals surface area contributed by atoms with Crippen molar-refractivity contribution < 1.29 is 23.1 Å². The molecule has 0 aromatic heterocycles. The lowest BCUT2D eigenvalue weighted by atomic mass is 10.1. The second kappa shape index (κ2) is 6.91. The average molecular weight is 325 g/mol. The fraction of sp³-hybridized carbons (Fsp3) is 0.467. The summed E-state index contributed by atoms with van der Waals surface area (Å²) in [6.45, 7) is 0.286. The molecule has 1 fully saturated rings. The first kappa shape index (κ1) is 16.5.